The van der Waals surface area contributed by atoms with Crippen LogP contribution in [-0.4, -0.2) is 18.9 Å². The average Bonchev–Trinajstić information content (AvgIpc) is 2.26. The largest absolute Gasteiger partial charge is 0.466 e. The van der Waals surface area contributed by atoms with Crippen LogP contribution in [0.1, 0.15) is 11.1 Å². The monoisotopic (exact) mass is 240 g/mol. The fraction of sp³-hybridized carbons (Fsp3) is 0.0909. The second-order valence-electron chi connectivity index (χ2n) is 2.89. The van der Waals surface area contributed by atoms with E-state index in [0.29, 0.717) is 5.56 Å². The Bertz CT molecular complexity index is 399. The van der Waals surface area contributed by atoms with Crippen molar-refractivity contribution in [2.45, 2.75) is 0 Å². The number of halogens is 1. The number of carbonyl (C=O) groups excluding carboxylic acids is 1. The topological polar surface area (TPSA) is 76.2 Å². The smallest absolute Gasteiger partial charge is 0.330 e. The molecule has 0 saturated heterocycles. The molecule has 0 aliphatic heterocycles. The zero-order valence-electron chi connectivity index (χ0n) is 8.77. The summed E-state index contributed by atoms with van der Waals surface area (Å²) in [5, 5.41) is 7.19. The molecule has 0 heterocycles. The van der Waals surface area contributed by atoms with E-state index in [1.807, 2.05) is 0 Å². The van der Waals surface area contributed by atoms with Gasteiger partial charge in [-0.1, -0.05) is 24.3 Å². The Hall–Kier alpha value is -1.81. The Morgan fingerprint density at radius 3 is 2.38 bits per heavy atom. The lowest BCUT2D eigenvalue weighted by molar-refractivity contribution is -0.134. The van der Waals surface area contributed by atoms with Gasteiger partial charge in [-0.2, -0.15) is 0 Å². The summed E-state index contributed by atoms with van der Waals surface area (Å²) in [6.45, 7) is 0. The lowest BCUT2D eigenvalue weighted by Gasteiger charge is -1.98. The zero-order chi connectivity index (χ0) is 11.3. The molecule has 0 fully saturated rings. The standard InChI is InChI=1S/C11H12N2O2.ClH/c1-15-10(14)7-4-8-2-5-9(6-3-8)11(12)13;/h2-7H,1H3,(H3,12,13);1H. The summed E-state index contributed by atoms with van der Waals surface area (Å²) < 4.78 is 4.45. The van der Waals surface area contributed by atoms with Gasteiger partial charge in [-0.3, -0.25) is 5.41 Å². The molecule has 0 aliphatic rings. The first-order valence-electron chi connectivity index (χ1n) is 4.34. The van der Waals surface area contributed by atoms with Crippen molar-refractivity contribution in [1.29, 1.82) is 5.41 Å². The van der Waals surface area contributed by atoms with Gasteiger partial charge in [0.1, 0.15) is 5.84 Å². The number of nitrogens with two attached hydrogens (primary N) is 1. The van der Waals surface area contributed by atoms with Gasteiger partial charge >= 0.3 is 5.97 Å². The van der Waals surface area contributed by atoms with Crippen molar-refractivity contribution in [3.63, 3.8) is 0 Å². The first kappa shape index (κ1) is 14.2. The van der Waals surface area contributed by atoms with Crippen LogP contribution in [-0.2, 0) is 9.53 Å². The molecule has 1 aromatic carbocycles. The van der Waals surface area contributed by atoms with E-state index in [0.717, 1.165) is 5.56 Å². The molecular formula is C11H13ClN2O2. The fourth-order valence-electron chi connectivity index (χ4n) is 1.01. The van der Waals surface area contributed by atoms with Gasteiger partial charge in [0, 0.05) is 11.6 Å². The molecule has 0 spiro atoms. The molecule has 86 valence electrons. The Morgan fingerprint density at radius 1 is 1.38 bits per heavy atom. The fourth-order valence-corrected chi connectivity index (χ4v) is 1.01. The highest BCUT2D eigenvalue weighted by Crippen LogP contribution is 2.05. The Morgan fingerprint density at radius 2 is 1.94 bits per heavy atom. The maximum absolute atomic E-state index is 10.8. The molecule has 0 unspecified atom stereocenters. The van der Waals surface area contributed by atoms with Crippen molar-refractivity contribution in [1.82, 2.24) is 0 Å². The highest BCUT2D eigenvalue weighted by Gasteiger charge is 1.95. The van der Waals surface area contributed by atoms with Crippen LogP contribution < -0.4 is 5.73 Å². The summed E-state index contributed by atoms with van der Waals surface area (Å²) in [6, 6.07) is 6.99. The van der Waals surface area contributed by atoms with Crippen molar-refractivity contribution in [2.75, 3.05) is 7.11 Å². The third-order valence-corrected chi connectivity index (χ3v) is 1.83. The molecule has 0 aliphatic carbocycles. The minimum absolute atomic E-state index is 0. The lowest BCUT2D eigenvalue weighted by atomic mass is 10.1. The molecule has 0 bridgehead atoms. The Labute approximate surface area is 100 Å². The van der Waals surface area contributed by atoms with E-state index in [9.17, 15) is 4.79 Å². The SMILES string of the molecule is COC(=O)C=Cc1ccc(C(=N)N)cc1.Cl. The van der Waals surface area contributed by atoms with E-state index in [1.165, 1.54) is 13.2 Å². The number of nitrogens with one attached hydrogen (secondary N) is 1. The molecule has 5 heteroatoms. The molecule has 0 saturated carbocycles. The normalized spacial score (nSPS) is 9.56. The zero-order valence-corrected chi connectivity index (χ0v) is 9.58. The predicted molar refractivity (Wildman–Crippen MR) is 65.8 cm³/mol. The maximum atomic E-state index is 10.8. The minimum Gasteiger partial charge on any atom is -0.466 e. The second kappa shape index (κ2) is 6.63. The van der Waals surface area contributed by atoms with Crippen molar-refractivity contribution in [3.05, 3.63) is 41.5 Å². The third-order valence-electron chi connectivity index (χ3n) is 1.83. The highest BCUT2D eigenvalue weighted by molar-refractivity contribution is 5.95. The summed E-state index contributed by atoms with van der Waals surface area (Å²) in [5.74, 6) is -0.371. The van der Waals surface area contributed by atoms with Crippen molar-refractivity contribution in [2.24, 2.45) is 5.73 Å². The van der Waals surface area contributed by atoms with Gasteiger partial charge in [0.15, 0.2) is 0 Å². The molecule has 0 amide bonds. The number of esters is 1. The Kier molecular flexibility index (Phi) is 5.88. The van der Waals surface area contributed by atoms with Crippen LogP contribution in [0.3, 0.4) is 0 Å². The van der Waals surface area contributed by atoms with Gasteiger partial charge in [0.05, 0.1) is 7.11 Å². The van der Waals surface area contributed by atoms with Crippen LogP contribution in [0.25, 0.3) is 6.08 Å². The number of methoxy groups -OCH3 is 1. The van der Waals surface area contributed by atoms with E-state index < -0.39 is 5.97 Å². The van der Waals surface area contributed by atoms with Crippen LogP contribution in [0.15, 0.2) is 30.3 Å². The van der Waals surface area contributed by atoms with Gasteiger partial charge in [-0.05, 0) is 11.6 Å². The van der Waals surface area contributed by atoms with Gasteiger partial charge in [0.25, 0.3) is 0 Å². The van der Waals surface area contributed by atoms with Crippen molar-refractivity contribution in [3.8, 4) is 0 Å². The number of hydrogen-bond acceptors (Lipinski definition) is 3. The quantitative estimate of drug-likeness (QED) is 0.365. The van der Waals surface area contributed by atoms with Crippen LogP contribution in [0.2, 0.25) is 0 Å². The summed E-state index contributed by atoms with van der Waals surface area (Å²) in [7, 11) is 1.32. The number of ether oxygens (including phenoxy) is 1. The van der Waals surface area contributed by atoms with Crippen LogP contribution in [0.4, 0.5) is 0 Å². The summed E-state index contributed by atoms with van der Waals surface area (Å²) in [6.07, 6.45) is 2.97. The predicted octanol–water partition coefficient (Wildman–Crippen LogP) is 1.58. The second-order valence-corrected chi connectivity index (χ2v) is 2.89. The molecule has 1 rings (SSSR count). The number of amidine groups is 1. The van der Waals surface area contributed by atoms with Gasteiger partial charge in [-0.25, -0.2) is 4.79 Å². The lowest BCUT2D eigenvalue weighted by Crippen LogP contribution is -2.10. The van der Waals surface area contributed by atoms with E-state index >= 15 is 0 Å². The number of rotatable bonds is 3. The average molecular weight is 241 g/mol. The first-order valence-corrected chi connectivity index (χ1v) is 4.34. The van der Waals surface area contributed by atoms with E-state index in [1.54, 1.807) is 30.3 Å². The number of carbonyl (C=O) groups is 1. The van der Waals surface area contributed by atoms with Crippen molar-refractivity contribution >= 4 is 30.3 Å². The molecule has 0 atom stereocenters. The van der Waals surface area contributed by atoms with E-state index in [-0.39, 0.29) is 18.2 Å². The van der Waals surface area contributed by atoms with Crippen LogP contribution in [0, 0.1) is 5.41 Å². The van der Waals surface area contributed by atoms with Gasteiger partial charge in [-0.15, -0.1) is 12.4 Å². The van der Waals surface area contributed by atoms with Gasteiger partial charge < -0.3 is 10.5 Å². The van der Waals surface area contributed by atoms with Crippen LogP contribution >= 0.6 is 12.4 Å². The molecule has 4 nitrogen and oxygen atoms in total. The molecule has 3 N–H and O–H groups in total. The molecule has 0 radical (unpaired) electrons. The highest BCUT2D eigenvalue weighted by atomic mass is 35.5. The van der Waals surface area contributed by atoms with Crippen LogP contribution in [0.5, 0.6) is 0 Å². The number of hydrogen-bond donors (Lipinski definition) is 2. The maximum Gasteiger partial charge on any atom is 0.330 e. The summed E-state index contributed by atoms with van der Waals surface area (Å²) in [5.41, 5.74) is 6.81. The van der Waals surface area contributed by atoms with Gasteiger partial charge in [0.2, 0.25) is 0 Å². The Balaban J connectivity index is 0.00000225. The summed E-state index contributed by atoms with van der Waals surface area (Å²) in [4.78, 5) is 10.8. The molecular weight excluding hydrogens is 228 g/mol. The number of nitrogen functional groups attached to an aromatic ring is 1. The van der Waals surface area contributed by atoms with Crippen molar-refractivity contribution < 1.29 is 9.53 Å². The number of benzene rings is 1. The van der Waals surface area contributed by atoms with E-state index in [4.69, 9.17) is 11.1 Å². The molecule has 0 aromatic heterocycles. The molecule has 1 aromatic rings. The van der Waals surface area contributed by atoms with E-state index in [2.05, 4.69) is 4.74 Å². The minimum atomic E-state index is -0.398. The third kappa shape index (κ3) is 4.14. The molecule has 16 heavy (non-hydrogen) atoms. The summed E-state index contributed by atoms with van der Waals surface area (Å²) >= 11 is 0. The first-order chi connectivity index (χ1) is 7.13.